The minimum Gasteiger partial charge on any atom is -0.354 e. The lowest BCUT2D eigenvalue weighted by Crippen LogP contribution is -2.36. The van der Waals surface area contributed by atoms with Gasteiger partial charge >= 0.3 is 0 Å². The van der Waals surface area contributed by atoms with E-state index in [0.29, 0.717) is 0 Å². The predicted molar refractivity (Wildman–Crippen MR) is 37.9 cm³/mol. The molecule has 1 N–H and O–H groups in total. The second-order valence-corrected chi connectivity index (χ2v) is 2.41. The Bertz CT molecular complexity index is 204. The normalized spacial score (nSPS) is 25.3. The van der Waals surface area contributed by atoms with Crippen molar-refractivity contribution in [2.24, 2.45) is 0 Å². The summed E-state index contributed by atoms with van der Waals surface area (Å²) in [4.78, 5) is 3.84. The Morgan fingerprint density at radius 2 is 2.64 bits per heavy atom. The van der Waals surface area contributed by atoms with Crippen molar-refractivity contribution >= 4 is 0 Å². The molecule has 2 rings (SSSR count). The second-order valence-electron chi connectivity index (χ2n) is 2.41. The van der Waals surface area contributed by atoms with E-state index in [1.807, 2.05) is 0 Å². The van der Waals surface area contributed by atoms with Crippen LogP contribution in [0, 0.1) is 0 Å². The van der Waals surface area contributed by atoms with Crippen LogP contribution in [0.1, 0.15) is 6.23 Å². The average Bonchev–Trinajstić information content (AvgIpc) is 2.58. The third-order valence-electron chi connectivity index (χ3n) is 1.64. The molecule has 5 heteroatoms. The smallest absolute Gasteiger partial charge is 0.164 e. The first-order valence-corrected chi connectivity index (χ1v) is 3.63. The van der Waals surface area contributed by atoms with Crippen molar-refractivity contribution in [3.63, 3.8) is 0 Å². The molecule has 1 saturated heterocycles. The van der Waals surface area contributed by atoms with Crippen LogP contribution in [0.3, 0.4) is 0 Å². The van der Waals surface area contributed by atoms with Crippen LogP contribution in [0.4, 0.5) is 0 Å². The highest BCUT2D eigenvalue weighted by molar-refractivity contribution is 4.66. The summed E-state index contributed by atoms with van der Waals surface area (Å²) in [6.07, 6.45) is 3.20. The van der Waals surface area contributed by atoms with E-state index >= 15 is 0 Å². The molecule has 0 spiro atoms. The van der Waals surface area contributed by atoms with E-state index in [0.717, 1.165) is 19.7 Å². The van der Waals surface area contributed by atoms with Gasteiger partial charge in [0.2, 0.25) is 0 Å². The Hall–Kier alpha value is -0.940. The zero-order valence-electron chi connectivity index (χ0n) is 6.10. The molecule has 1 aromatic heterocycles. The lowest BCUT2D eigenvalue weighted by molar-refractivity contribution is -0.0273. The first kappa shape index (κ1) is 6.75. The number of aromatic nitrogens is 3. The fourth-order valence-electron chi connectivity index (χ4n) is 1.09. The molecular weight excluding hydrogens is 144 g/mol. The van der Waals surface area contributed by atoms with Crippen molar-refractivity contribution in [2.45, 2.75) is 6.23 Å². The lowest BCUT2D eigenvalue weighted by atomic mass is 10.4. The highest BCUT2D eigenvalue weighted by Gasteiger charge is 2.14. The molecule has 0 aliphatic carbocycles. The van der Waals surface area contributed by atoms with Gasteiger partial charge in [0.25, 0.3) is 0 Å². The Morgan fingerprint density at radius 1 is 1.64 bits per heavy atom. The average molecular weight is 154 g/mol. The van der Waals surface area contributed by atoms with Crippen LogP contribution in [-0.2, 0) is 4.74 Å². The SMILES string of the molecule is c1ncn(C2CNCCO2)n1. The minimum absolute atomic E-state index is 0.0197. The second kappa shape index (κ2) is 2.98. The van der Waals surface area contributed by atoms with Crippen LogP contribution in [-0.4, -0.2) is 34.5 Å². The Kier molecular flexibility index (Phi) is 1.83. The molecule has 2 heterocycles. The van der Waals surface area contributed by atoms with Crippen LogP contribution in [0.15, 0.2) is 12.7 Å². The van der Waals surface area contributed by atoms with Gasteiger partial charge in [-0.1, -0.05) is 0 Å². The van der Waals surface area contributed by atoms with Crippen LogP contribution in [0.2, 0.25) is 0 Å². The van der Waals surface area contributed by atoms with Crippen LogP contribution >= 0.6 is 0 Å². The van der Waals surface area contributed by atoms with Crippen LogP contribution < -0.4 is 5.32 Å². The standard InChI is InChI=1S/C6H10N4O/c1-2-11-6(3-7-1)10-5-8-4-9-10/h4-7H,1-3H2. The van der Waals surface area contributed by atoms with Gasteiger partial charge < -0.3 is 10.1 Å². The fourth-order valence-corrected chi connectivity index (χ4v) is 1.09. The van der Waals surface area contributed by atoms with Gasteiger partial charge in [-0.05, 0) is 0 Å². The molecule has 0 radical (unpaired) electrons. The van der Waals surface area contributed by atoms with Gasteiger partial charge in [0.15, 0.2) is 6.23 Å². The van der Waals surface area contributed by atoms with Gasteiger partial charge in [0, 0.05) is 13.1 Å². The van der Waals surface area contributed by atoms with Crippen molar-refractivity contribution < 1.29 is 4.74 Å². The third kappa shape index (κ3) is 1.38. The molecule has 1 aliphatic rings. The topological polar surface area (TPSA) is 52.0 Å². The van der Waals surface area contributed by atoms with E-state index in [-0.39, 0.29) is 6.23 Å². The molecule has 60 valence electrons. The summed E-state index contributed by atoms with van der Waals surface area (Å²) in [5.74, 6) is 0. The first-order chi connectivity index (χ1) is 5.47. The molecule has 1 fully saturated rings. The molecule has 0 amide bonds. The van der Waals surface area contributed by atoms with Gasteiger partial charge in [-0.2, -0.15) is 5.10 Å². The molecule has 1 atom stereocenters. The van der Waals surface area contributed by atoms with E-state index in [2.05, 4.69) is 15.4 Å². The zero-order chi connectivity index (χ0) is 7.52. The summed E-state index contributed by atoms with van der Waals surface area (Å²) in [7, 11) is 0. The van der Waals surface area contributed by atoms with Gasteiger partial charge in [0.05, 0.1) is 6.61 Å². The molecule has 0 aromatic carbocycles. The summed E-state index contributed by atoms with van der Waals surface area (Å²) >= 11 is 0. The van der Waals surface area contributed by atoms with Crippen molar-refractivity contribution in [3.05, 3.63) is 12.7 Å². The van der Waals surface area contributed by atoms with Gasteiger partial charge in [-0.3, -0.25) is 0 Å². The van der Waals surface area contributed by atoms with Gasteiger partial charge in [-0.15, -0.1) is 0 Å². The van der Waals surface area contributed by atoms with Crippen LogP contribution in [0.25, 0.3) is 0 Å². The molecule has 0 saturated carbocycles. The van der Waals surface area contributed by atoms with Crippen LogP contribution in [0.5, 0.6) is 0 Å². The highest BCUT2D eigenvalue weighted by atomic mass is 16.5. The predicted octanol–water partition coefficient (Wildman–Crippen LogP) is -0.604. The fraction of sp³-hybridized carbons (Fsp3) is 0.667. The Labute approximate surface area is 64.4 Å². The van der Waals surface area contributed by atoms with E-state index in [1.165, 1.54) is 6.33 Å². The quantitative estimate of drug-likeness (QED) is 0.586. The molecule has 1 aromatic rings. The van der Waals surface area contributed by atoms with E-state index in [1.54, 1.807) is 11.0 Å². The van der Waals surface area contributed by atoms with Gasteiger partial charge in [-0.25, -0.2) is 9.67 Å². The van der Waals surface area contributed by atoms with Gasteiger partial charge in [0.1, 0.15) is 12.7 Å². The first-order valence-electron chi connectivity index (χ1n) is 3.63. The number of rotatable bonds is 1. The maximum Gasteiger partial charge on any atom is 0.164 e. The van der Waals surface area contributed by atoms with Crippen molar-refractivity contribution in [3.8, 4) is 0 Å². The maximum atomic E-state index is 5.42. The van der Waals surface area contributed by atoms with Crippen molar-refractivity contribution in [1.82, 2.24) is 20.1 Å². The molecular formula is C6H10N4O. The minimum atomic E-state index is 0.0197. The molecule has 0 bridgehead atoms. The number of nitrogens with zero attached hydrogens (tertiary/aromatic N) is 3. The molecule has 1 aliphatic heterocycles. The lowest BCUT2D eigenvalue weighted by Gasteiger charge is -2.22. The van der Waals surface area contributed by atoms with E-state index in [9.17, 15) is 0 Å². The monoisotopic (exact) mass is 154 g/mol. The maximum absolute atomic E-state index is 5.42. The third-order valence-corrected chi connectivity index (χ3v) is 1.64. The number of nitrogens with one attached hydrogen (secondary N) is 1. The number of hydrogen-bond donors (Lipinski definition) is 1. The summed E-state index contributed by atoms with van der Waals surface area (Å²) < 4.78 is 7.13. The molecule has 1 unspecified atom stereocenters. The summed E-state index contributed by atoms with van der Waals surface area (Å²) in [6.45, 7) is 2.47. The Morgan fingerprint density at radius 3 is 3.27 bits per heavy atom. The number of ether oxygens (including phenoxy) is 1. The highest BCUT2D eigenvalue weighted by Crippen LogP contribution is 2.06. The molecule has 5 nitrogen and oxygen atoms in total. The van der Waals surface area contributed by atoms with E-state index < -0.39 is 0 Å². The number of hydrogen-bond acceptors (Lipinski definition) is 4. The summed E-state index contributed by atoms with van der Waals surface area (Å²) in [5.41, 5.74) is 0. The largest absolute Gasteiger partial charge is 0.354 e. The van der Waals surface area contributed by atoms with E-state index in [4.69, 9.17) is 4.74 Å². The molecule has 11 heavy (non-hydrogen) atoms. The van der Waals surface area contributed by atoms with Crippen molar-refractivity contribution in [1.29, 1.82) is 0 Å². The zero-order valence-corrected chi connectivity index (χ0v) is 6.10. The Balaban J connectivity index is 2.04. The summed E-state index contributed by atoms with van der Waals surface area (Å²) in [6, 6.07) is 0. The summed E-state index contributed by atoms with van der Waals surface area (Å²) in [5, 5.41) is 7.19. The number of morpholine rings is 1. The van der Waals surface area contributed by atoms with Crippen molar-refractivity contribution in [2.75, 3.05) is 19.7 Å².